The Kier molecular flexibility index (Phi) is 5.64. The summed E-state index contributed by atoms with van der Waals surface area (Å²) >= 11 is 0. The molecule has 1 fully saturated rings. The van der Waals surface area contributed by atoms with Crippen LogP contribution < -0.4 is 15.9 Å². The van der Waals surface area contributed by atoms with Crippen molar-refractivity contribution in [2.24, 2.45) is 10.8 Å². The third-order valence-electron chi connectivity index (χ3n) is 6.12. The van der Waals surface area contributed by atoms with E-state index in [-0.39, 0.29) is 0 Å². The Balaban J connectivity index is 1.38. The fourth-order valence-corrected chi connectivity index (χ4v) is 4.31. The van der Waals surface area contributed by atoms with Crippen molar-refractivity contribution in [1.82, 2.24) is 20.5 Å². The van der Waals surface area contributed by atoms with Gasteiger partial charge in [-0.05, 0) is 73.1 Å². The summed E-state index contributed by atoms with van der Waals surface area (Å²) < 4.78 is 5.33. The van der Waals surface area contributed by atoms with E-state index in [0.717, 1.165) is 57.3 Å². The first-order chi connectivity index (χ1) is 15.7. The summed E-state index contributed by atoms with van der Waals surface area (Å²) in [6.45, 7) is 4.16. The van der Waals surface area contributed by atoms with Crippen molar-refractivity contribution in [3.05, 3.63) is 60.2 Å². The largest absolute Gasteiger partial charge is 0.497 e. The van der Waals surface area contributed by atoms with Crippen LogP contribution in [0.25, 0.3) is 32.9 Å². The predicted molar refractivity (Wildman–Crippen MR) is 130 cm³/mol. The predicted octanol–water partition coefficient (Wildman–Crippen LogP) is 3.70. The van der Waals surface area contributed by atoms with Gasteiger partial charge in [-0.15, -0.1) is 0 Å². The molecule has 1 aliphatic heterocycles. The maximum atomic E-state index is 6.27. The van der Waals surface area contributed by atoms with Crippen LogP contribution in [0.4, 0.5) is 0 Å². The van der Waals surface area contributed by atoms with Gasteiger partial charge in [-0.1, -0.05) is 18.2 Å². The van der Waals surface area contributed by atoms with Crippen LogP contribution in [0, 0.1) is 0 Å². The summed E-state index contributed by atoms with van der Waals surface area (Å²) in [4.78, 5) is 2.45. The molecule has 2 heterocycles. The fraction of sp³-hybridized carbons (Fsp3) is 0.280. The van der Waals surface area contributed by atoms with Crippen LogP contribution in [0.2, 0.25) is 0 Å². The van der Waals surface area contributed by atoms with Crippen LogP contribution in [0.1, 0.15) is 18.4 Å². The first kappa shape index (κ1) is 20.3. The minimum absolute atomic E-state index is 0.478. The summed E-state index contributed by atoms with van der Waals surface area (Å²) in [5.74, 6) is 1.33. The molecule has 0 radical (unpaired) electrons. The highest BCUT2D eigenvalue weighted by atomic mass is 16.5. The Morgan fingerprint density at radius 3 is 2.75 bits per heavy atom. The topological polar surface area (TPSA) is 91.6 Å². The smallest absolute Gasteiger partial charge is 0.150 e. The molecule has 164 valence electrons. The molecule has 0 bridgehead atoms. The first-order valence-electron chi connectivity index (χ1n) is 11.1. The van der Waals surface area contributed by atoms with E-state index in [1.165, 1.54) is 25.9 Å². The standard InChI is InChI=1S/C25H28N6O/c1-32-21-8-6-17-14-19(5-4-18(17)15-21)24-22-16-20(7-9-23(22)28-29-24)25(26)30-27-10-13-31-11-2-3-12-31/h4-9,14-16,27H,2-3,10-13H2,1H3,(H2,26,30)(H,28,29). The number of H-pyrrole nitrogens is 1. The molecule has 0 amide bonds. The summed E-state index contributed by atoms with van der Waals surface area (Å²) in [5, 5.41) is 15.4. The van der Waals surface area contributed by atoms with Crippen molar-refractivity contribution in [1.29, 1.82) is 0 Å². The highest BCUT2D eigenvalue weighted by Crippen LogP contribution is 2.30. The SMILES string of the molecule is COc1ccc2cc(-c3n[nH]c4ccc(/C(N)=N/NCCN5CCCC5)cc34)ccc2c1. The van der Waals surface area contributed by atoms with Crippen molar-refractivity contribution in [3.8, 4) is 17.0 Å². The molecule has 4 aromatic rings. The molecule has 0 saturated carbocycles. The van der Waals surface area contributed by atoms with Gasteiger partial charge >= 0.3 is 0 Å². The molecular formula is C25H28N6O. The Labute approximate surface area is 187 Å². The Hall–Kier alpha value is -3.58. The first-order valence-corrected chi connectivity index (χ1v) is 11.1. The van der Waals surface area contributed by atoms with Crippen molar-refractivity contribution in [2.45, 2.75) is 12.8 Å². The number of likely N-dealkylation sites (tertiary alicyclic amines) is 1. The van der Waals surface area contributed by atoms with Gasteiger partial charge in [0.05, 0.1) is 18.3 Å². The number of nitrogens with zero attached hydrogens (tertiary/aromatic N) is 3. The molecule has 0 atom stereocenters. The number of amidine groups is 1. The number of hydrazone groups is 1. The number of rotatable bonds is 7. The third-order valence-corrected chi connectivity index (χ3v) is 6.12. The quantitative estimate of drug-likeness (QED) is 0.181. The molecule has 32 heavy (non-hydrogen) atoms. The molecule has 0 spiro atoms. The molecule has 0 unspecified atom stereocenters. The molecule has 3 aromatic carbocycles. The van der Waals surface area contributed by atoms with Crippen LogP contribution in [0.3, 0.4) is 0 Å². The van der Waals surface area contributed by atoms with E-state index in [4.69, 9.17) is 10.5 Å². The van der Waals surface area contributed by atoms with Crippen molar-refractivity contribution < 1.29 is 4.74 Å². The molecule has 5 rings (SSSR count). The third kappa shape index (κ3) is 4.11. The van der Waals surface area contributed by atoms with Crippen LogP contribution in [0.5, 0.6) is 5.75 Å². The summed E-state index contributed by atoms with van der Waals surface area (Å²) in [5.41, 5.74) is 13.2. The Morgan fingerprint density at radius 1 is 1.09 bits per heavy atom. The molecule has 0 aliphatic carbocycles. The number of methoxy groups -OCH3 is 1. The van der Waals surface area contributed by atoms with E-state index >= 15 is 0 Å². The molecule has 1 saturated heterocycles. The highest BCUT2D eigenvalue weighted by Gasteiger charge is 2.12. The van der Waals surface area contributed by atoms with Crippen LogP contribution in [-0.2, 0) is 0 Å². The Bertz CT molecular complexity index is 1270. The van der Waals surface area contributed by atoms with E-state index in [1.54, 1.807) is 7.11 Å². The van der Waals surface area contributed by atoms with E-state index < -0.39 is 0 Å². The summed E-state index contributed by atoms with van der Waals surface area (Å²) in [7, 11) is 1.68. The molecule has 1 aliphatic rings. The minimum atomic E-state index is 0.478. The molecule has 7 nitrogen and oxygen atoms in total. The molecule has 4 N–H and O–H groups in total. The van der Waals surface area contributed by atoms with Gasteiger partial charge in [-0.3, -0.25) is 5.10 Å². The van der Waals surface area contributed by atoms with Crippen molar-refractivity contribution in [2.75, 3.05) is 33.3 Å². The molecule has 1 aromatic heterocycles. The Morgan fingerprint density at radius 2 is 1.91 bits per heavy atom. The normalized spacial score (nSPS) is 15.0. The number of benzene rings is 3. The lowest BCUT2D eigenvalue weighted by Crippen LogP contribution is -2.29. The average Bonchev–Trinajstić information content (AvgIpc) is 3.50. The lowest BCUT2D eigenvalue weighted by molar-refractivity contribution is 0.337. The molecule has 7 heteroatoms. The highest BCUT2D eigenvalue weighted by molar-refractivity contribution is 6.03. The fourth-order valence-electron chi connectivity index (χ4n) is 4.31. The van der Waals surface area contributed by atoms with Crippen LogP contribution in [-0.4, -0.2) is 54.2 Å². The van der Waals surface area contributed by atoms with Crippen molar-refractivity contribution in [3.63, 3.8) is 0 Å². The number of fused-ring (bicyclic) bond motifs is 2. The maximum Gasteiger partial charge on any atom is 0.150 e. The lowest BCUT2D eigenvalue weighted by atomic mass is 10.0. The monoisotopic (exact) mass is 428 g/mol. The van der Waals surface area contributed by atoms with E-state index in [9.17, 15) is 0 Å². The number of nitrogens with one attached hydrogen (secondary N) is 2. The van der Waals surface area contributed by atoms with E-state index in [1.807, 2.05) is 30.3 Å². The van der Waals surface area contributed by atoms with Gasteiger partial charge in [0.2, 0.25) is 0 Å². The average molecular weight is 429 g/mol. The number of nitrogens with two attached hydrogens (primary N) is 1. The van der Waals surface area contributed by atoms with Gasteiger partial charge in [-0.2, -0.15) is 10.2 Å². The van der Waals surface area contributed by atoms with Gasteiger partial charge in [0.1, 0.15) is 5.75 Å². The van der Waals surface area contributed by atoms with Gasteiger partial charge in [0.25, 0.3) is 0 Å². The van der Waals surface area contributed by atoms with E-state index in [0.29, 0.717) is 5.84 Å². The lowest BCUT2D eigenvalue weighted by Gasteiger charge is -2.13. The van der Waals surface area contributed by atoms with Gasteiger partial charge < -0.3 is 20.8 Å². The zero-order chi connectivity index (χ0) is 21.9. The van der Waals surface area contributed by atoms with Crippen LogP contribution in [0.15, 0.2) is 59.7 Å². The second-order valence-corrected chi connectivity index (χ2v) is 8.21. The van der Waals surface area contributed by atoms with Crippen molar-refractivity contribution >= 4 is 27.5 Å². The zero-order valence-electron chi connectivity index (χ0n) is 18.3. The molecular weight excluding hydrogens is 400 g/mol. The summed E-state index contributed by atoms with van der Waals surface area (Å²) in [6.07, 6.45) is 2.59. The van der Waals surface area contributed by atoms with Gasteiger partial charge in [-0.25, -0.2) is 0 Å². The maximum absolute atomic E-state index is 6.27. The van der Waals surface area contributed by atoms with E-state index in [2.05, 4.69) is 49.9 Å². The number of hydrogen-bond acceptors (Lipinski definition) is 5. The zero-order valence-corrected chi connectivity index (χ0v) is 18.3. The number of aromatic amines is 1. The van der Waals surface area contributed by atoms with Gasteiger partial charge in [0.15, 0.2) is 5.84 Å². The second-order valence-electron chi connectivity index (χ2n) is 8.21. The summed E-state index contributed by atoms with van der Waals surface area (Å²) in [6, 6.07) is 18.4. The number of aromatic nitrogens is 2. The number of hydrogen-bond donors (Lipinski definition) is 3. The second kappa shape index (κ2) is 8.88. The minimum Gasteiger partial charge on any atom is -0.497 e. The van der Waals surface area contributed by atoms with Gasteiger partial charge in [0, 0.05) is 29.6 Å². The van der Waals surface area contributed by atoms with Crippen LogP contribution >= 0.6 is 0 Å². The number of ether oxygens (including phenoxy) is 1.